The third kappa shape index (κ3) is 6.45. The average Bonchev–Trinajstić information content (AvgIpc) is 3.16. The largest absolute Gasteiger partial charge is 0.493 e. The Balaban J connectivity index is 1.54. The van der Waals surface area contributed by atoms with Gasteiger partial charge in [-0.3, -0.25) is 9.69 Å². The van der Waals surface area contributed by atoms with Gasteiger partial charge in [0, 0.05) is 22.7 Å². The van der Waals surface area contributed by atoms with E-state index in [0.717, 1.165) is 14.7 Å². The summed E-state index contributed by atoms with van der Waals surface area (Å²) in [5.41, 5.74) is 2.60. The minimum absolute atomic E-state index is 0.174. The van der Waals surface area contributed by atoms with Crippen molar-refractivity contribution in [2.45, 2.75) is 6.61 Å². The summed E-state index contributed by atoms with van der Waals surface area (Å²) >= 11 is 15.7. The van der Waals surface area contributed by atoms with Gasteiger partial charge in [0.05, 0.1) is 33.9 Å². The number of ether oxygens (including phenoxy) is 3. The molecule has 0 saturated carbocycles. The molecule has 1 aliphatic heterocycles. The smallest absolute Gasteiger partial charge is 0.337 e. The molecule has 0 spiro atoms. The minimum Gasteiger partial charge on any atom is -0.493 e. The third-order valence-electron chi connectivity index (χ3n) is 5.45. The molecule has 1 fully saturated rings. The molecule has 0 N–H and O–H groups in total. The number of amides is 1. The Morgan fingerprint density at radius 1 is 1.11 bits per heavy atom. The van der Waals surface area contributed by atoms with Gasteiger partial charge in [0.25, 0.3) is 5.91 Å². The number of thioether (sulfide) groups is 1. The van der Waals surface area contributed by atoms with Crippen molar-refractivity contribution in [3.8, 4) is 11.5 Å². The first-order valence-electron chi connectivity index (χ1n) is 11.1. The van der Waals surface area contributed by atoms with Gasteiger partial charge in [-0.15, -0.1) is 0 Å². The highest BCUT2D eigenvalue weighted by Gasteiger charge is 2.30. The Bertz CT molecular complexity index is 1460. The number of methoxy groups -OCH3 is 2. The average molecular weight is 683 g/mol. The molecule has 11 heteroatoms. The molecule has 1 amide bonds. The summed E-state index contributed by atoms with van der Waals surface area (Å²) in [5, 5.41) is 1.59. The molecule has 1 saturated heterocycles. The number of amidine groups is 1. The molecule has 0 unspecified atom stereocenters. The number of carbonyl (C=O) groups is 2. The molecule has 3 aromatic rings. The lowest BCUT2D eigenvalue weighted by molar-refractivity contribution is -0.121. The van der Waals surface area contributed by atoms with E-state index in [1.807, 2.05) is 18.2 Å². The summed E-state index contributed by atoms with van der Waals surface area (Å²) in [6.45, 7) is 0.238. The highest BCUT2D eigenvalue weighted by molar-refractivity contribution is 14.1. The molecule has 4 rings (SSSR count). The maximum atomic E-state index is 12.9. The molecule has 0 radical (unpaired) electrons. The standard InChI is InChI=1S/C27H21Cl2IN2O5S/c1-32-25(33)23(38-27(32)31-19-8-5-16(6-9-19)26(34)36-3)12-15-10-21(30)24(22(11-15)35-2)37-14-17-4-7-18(28)13-20(17)29/h4-13H,14H2,1-3H3. The molecule has 3 aromatic carbocycles. The molecule has 1 heterocycles. The van der Waals surface area contributed by atoms with E-state index in [-0.39, 0.29) is 12.5 Å². The van der Waals surface area contributed by atoms with Crippen molar-refractivity contribution in [3.63, 3.8) is 0 Å². The quantitative estimate of drug-likeness (QED) is 0.149. The Kier molecular flexibility index (Phi) is 9.24. The lowest BCUT2D eigenvalue weighted by atomic mass is 10.1. The summed E-state index contributed by atoms with van der Waals surface area (Å²) in [4.78, 5) is 31.1. The molecule has 196 valence electrons. The van der Waals surface area contributed by atoms with Gasteiger partial charge in [-0.05, 0) is 94.5 Å². The van der Waals surface area contributed by atoms with E-state index < -0.39 is 5.97 Å². The number of benzene rings is 3. The Hall–Kier alpha value is -2.73. The summed E-state index contributed by atoms with van der Waals surface area (Å²) in [5.74, 6) is 0.498. The molecule has 38 heavy (non-hydrogen) atoms. The first-order chi connectivity index (χ1) is 18.2. The number of hydrogen-bond donors (Lipinski definition) is 0. The molecule has 0 bridgehead atoms. The molecular weight excluding hydrogens is 662 g/mol. The highest BCUT2D eigenvalue weighted by Crippen LogP contribution is 2.38. The van der Waals surface area contributed by atoms with Crippen LogP contribution in [0.4, 0.5) is 5.69 Å². The number of nitrogens with zero attached hydrogens (tertiary/aromatic N) is 2. The van der Waals surface area contributed by atoms with E-state index >= 15 is 0 Å². The van der Waals surface area contributed by atoms with E-state index in [4.69, 9.17) is 37.4 Å². The van der Waals surface area contributed by atoms with Crippen molar-refractivity contribution in [2.75, 3.05) is 21.3 Å². The van der Waals surface area contributed by atoms with Gasteiger partial charge >= 0.3 is 5.97 Å². The van der Waals surface area contributed by atoms with Crippen molar-refractivity contribution < 1.29 is 23.8 Å². The van der Waals surface area contributed by atoms with E-state index in [2.05, 4.69) is 27.6 Å². The minimum atomic E-state index is -0.424. The van der Waals surface area contributed by atoms with E-state index in [1.54, 1.807) is 56.6 Å². The number of likely N-dealkylation sites (N-methyl/N-ethyl adjacent to an activating group) is 1. The van der Waals surface area contributed by atoms with Crippen LogP contribution >= 0.6 is 57.6 Å². The van der Waals surface area contributed by atoms with Crippen LogP contribution < -0.4 is 9.47 Å². The van der Waals surface area contributed by atoms with Gasteiger partial charge in [0.15, 0.2) is 16.7 Å². The van der Waals surface area contributed by atoms with Crippen molar-refractivity contribution in [1.29, 1.82) is 0 Å². The second-order valence-electron chi connectivity index (χ2n) is 7.97. The zero-order chi connectivity index (χ0) is 27.4. The fourth-order valence-electron chi connectivity index (χ4n) is 3.46. The first kappa shape index (κ1) is 28.3. The van der Waals surface area contributed by atoms with Crippen LogP contribution in [0.25, 0.3) is 6.08 Å². The van der Waals surface area contributed by atoms with Crippen molar-refractivity contribution in [1.82, 2.24) is 4.90 Å². The van der Waals surface area contributed by atoms with Gasteiger partial charge in [-0.2, -0.15) is 0 Å². The van der Waals surface area contributed by atoms with Crippen LogP contribution in [0.15, 0.2) is 64.5 Å². The van der Waals surface area contributed by atoms with Gasteiger partial charge in [-0.25, -0.2) is 9.79 Å². The van der Waals surface area contributed by atoms with Crippen molar-refractivity contribution in [2.24, 2.45) is 4.99 Å². The maximum absolute atomic E-state index is 12.9. The fourth-order valence-corrected chi connectivity index (χ4v) is 5.69. The van der Waals surface area contributed by atoms with E-state index in [9.17, 15) is 9.59 Å². The summed E-state index contributed by atoms with van der Waals surface area (Å²) < 4.78 is 17.1. The molecule has 1 aliphatic rings. The summed E-state index contributed by atoms with van der Waals surface area (Å²) in [6.07, 6.45) is 1.79. The third-order valence-corrected chi connectivity index (χ3v) is 7.90. The molecule has 0 atom stereocenters. The maximum Gasteiger partial charge on any atom is 0.337 e. The molecule has 0 aromatic heterocycles. The summed E-state index contributed by atoms with van der Waals surface area (Å²) in [7, 11) is 4.56. The predicted molar refractivity (Wildman–Crippen MR) is 160 cm³/mol. The number of rotatable bonds is 7. The fraction of sp³-hybridized carbons (Fsp3) is 0.148. The molecule has 0 aliphatic carbocycles. The van der Waals surface area contributed by atoms with Crippen LogP contribution in [-0.2, 0) is 16.1 Å². The second kappa shape index (κ2) is 12.4. The number of hydrogen-bond acceptors (Lipinski definition) is 7. The SMILES string of the molecule is COC(=O)c1ccc(N=C2SC(=Cc3cc(I)c(OCc4ccc(Cl)cc4Cl)c(OC)c3)C(=O)N2C)cc1. The van der Waals surface area contributed by atoms with Crippen LogP contribution in [0.5, 0.6) is 11.5 Å². The van der Waals surface area contributed by atoms with Crippen LogP contribution in [0.3, 0.4) is 0 Å². The highest BCUT2D eigenvalue weighted by atomic mass is 127. The first-order valence-corrected chi connectivity index (χ1v) is 13.7. The zero-order valence-corrected chi connectivity index (χ0v) is 24.9. The number of esters is 1. The zero-order valence-electron chi connectivity index (χ0n) is 20.5. The number of carbonyl (C=O) groups excluding carboxylic acids is 2. The van der Waals surface area contributed by atoms with Crippen molar-refractivity contribution in [3.05, 3.63) is 89.8 Å². The summed E-state index contributed by atoms with van der Waals surface area (Å²) in [6, 6.07) is 15.6. The van der Waals surface area contributed by atoms with Crippen LogP contribution in [0.1, 0.15) is 21.5 Å². The lowest BCUT2D eigenvalue weighted by Gasteiger charge is -2.14. The molecular formula is C27H21Cl2IN2O5S. The second-order valence-corrected chi connectivity index (χ2v) is 11.0. The van der Waals surface area contributed by atoms with Crippen LogP contribution in [-0.4, -0.2) is 43.2 Å². The normalized spacial score (nSPS) is 15.3. The van der Waals surface area contributed by atoms with Crippen LogP contribution in [0.2, 0.25) is 10.0 Å². The Morgan fingerprint density at radius 2 is 1.84 bits per heavy atom. The van der Waals surface area contributed by atoms with Crippen molar-refractivity contribution >= 4 is 86.4 Å². The number of aliphatic imine (C=N–C) groups is 1. The van der Waals surface area contributed by atoms with Gasteiger partial charge in [0.1, 0.15) is 6.61 Å². The van der Waals surface area contributed by atoms with Crippen LogP contribution in [0, 0.1) is 3.57 Å². The Labute approximate surface area is 247 Å². The topological polar surface area (TPSA) is 77.4 Å². The van der Waals surface area contributed by atoms with Gasteiger partial charge in [-0.1, -0.05) is 29.3 Å². The monoisotopic (exact) mass is 682 g/mol. The van der Waals surface area contributed by atoms with Gasteiger partial charge < -0.3 is 14.2 Å². The number of halogens is 3. The Morgan fingerprint density at radius 3 is 2.50 bits per heavy atom. The lowest BCUT2D eigenvalue weighted by Crippen LogP contribution is -2.23. The predicted octanol–water partition coefficient (Wildman–Crippen LogP) is 7.21. The molecule has 7 nitrogen and oxygen atoms in total. The van der Waals surface area contributed by atoms with Gasteiger partial charge in [0.2, 0.25) is 0 Å². The van der Waals surface area contributed by atoms with E-state index in [1.165, 1.54) is 23.8 Å². The van der Waals surface area contributed by atoms with E-state index in [0.29, 0.717) is 42.9 Å².